The quantitative estimate of drug-likeness (QED) is 0.563. The van der Waals surface area contributed by atoms with E-state index in [-0.39, 0.29) is 5.91 Å². The summed E-state index contributed by atoms with van der Waals surface area (Å²) in [7, 11) is 1.57. The third-order valence-electron chi connectivity index (χ3n) is 4.49. The van der Waals surface area contributed by atoms with Crippen molar-refractivity contribution in [2.45, 2.75) is 19.5 Å². The van der Waals surface area contributed by atoms with Crippen LogP contribution in [0.5, 0.6) is 5.75 Å². The highest BCUT2D eigenvalue weighted by atomic mass is 19.4. The van der Waals surface area contributed by atoms with Crippen molar-refractivity contribution in [3.8, 4) is 5.75 Å². The van der Waals surface area contributed by atoms with Gasteiger partial charge in [0.2, 0.25) is 0 Å². The standard InChI is InChI=1S/C21H21F3N4O2/c1-13-17(11-14-10-16(30-2)5-6-18(14)28-13)20(29)26-9-3-8-25-19-7-4-15(12-27-19)21(22,23)24/h4-7,10-12H,3,8-9H2,1-2H3,(H,25,27)(H,26,29). The monoisotopic (exact) mass is 418 g/mol. The minimum atomic E-state index is -4.41. The van der Waals surface area contributed by atoms with Crippen LogP contribution in [0, 0.1) is 6.92 Å². The van der Waals surface area contributed by atoms with Gasteiger partial charge in [-0.2, -0.15) is 13.2 Å². The first-order chi connectivity index (χ1) is 14.3. The minimum absolute atomic E-state index is 0.239. The van der Waals surface area contributed by atoms with E-state index in [4.69, 9.17) is 4.74 Å². The zero-order valence-corrected chi connectivity index (χ0v) is 16.5. The van der Waals surface area contributed by atoms with Gasteiger partial charge in [0.25, 0.3) is 5.91 Å². The van der Waals surface area contributed by atoms with E-state index < -0.39 is 11.7 Å². The van der Waals surface area contributed by atoms with Crippen molar-refractivity contribution in [3.63, 3.8) is 0 Å². The van der Waals surface area contributed by atoms with Crippen LogP contribution in [0.25, 0.3) is 10.9 Å². The van der Waals surface area contributed by atoms with Gasteiger partial charge in [-0.25, -0.2) is 4.98 Å². The third kappa shape index (κ3) is 5.16. The summed E-state index contributed by atoms with van der Waals surface area (Å²) in [6.07, 6.45) is -3.05. The molecule has 9 heteroatoms. The number of ether oxygens (including phenoxy) is 1. The number of nitrogens with zero attached hydrogens (tertiary/aromatic N) is 2. The fourth-order valence-electron chi connectivity index (χ4n) is 2.88. The lowest BCUT2D eigenvalue weighted by Gasteiger charge is -2.11. The van der Waals surface area contributed by atoms with Gasteiger partial charge >= 0.3 is 6.18 Å². The van der Waals surface area contributed by atoms with Gasteiger partial charge in [-0.1, -0.05) is 0 Å². The van der Waals surface area contributed by atoms with Crippen molar-refractivity contribution >= 4 is 22.6 Å². The molecule has 0 radical (unpaired) electrons. The molecule has 0 bridgehead atoms. The molecule has 0 aliphatic carbocycles. The number of carbonyl (C=O) groups is 1. The van der Waals surface area contributed by atoms with Crippen LogP contribution in [0.4, 0.5) is 19.0 Å². The summed E-state index contributed by atoms with van der Waals surface area (Å²) in [4.78, 5) is 20.7. The number of hydrogen-bond acceptors (Lipinski definition) is 5. The number of halogens is 3. The number of rotatable bonds is 7. The second kappa shape index (κ2) is 8.98. The molecule has 0 saturated heterocycles. The lowest BCUT2D eigenvalue weighted by molar-refractivity contribution is -0.137. The number of nitrogens with one attached hydrogen (secondary N) is 2. The number of hydrogen-bond donors (Lipinski definition) is 2. The molecule has 0 aliphatic heterocycles. The Bertz CT molecular complexity index is 1040. The van der Waals surface area contributed by atoms with Crippen molar-refractivity contribution < 1.29 is 22.7 Å². The van der Waals surface area contributed by atoms with Gasteiger partial charge in [0.15, 0.2) is 0 Å². The second-order valence-corrected chi connectivity index (χ2v) is 6.65. The normalized spacial score (nSPS) is 11.4. The van der Waals surface area contributed by atoms with Crippen LogP contribution in [0.1, 0.15) is 28.0 Å². The largest absolute Gasteiger partial charge is 0.497 e. The number of carbonyl (C=O) groups excluding carboxylic acids is 1. The molecule has 3 aromatic rings. The molecule has 0 saturated carbocycles. The lowest BCUT2D eigenvalue weighted by atomic mass is 10.1. The van der Waals surface area contributed by atoms with E-state index in [9.17, 15) is 18.0 Å². The number of pyridine rings is 2. The highest BCUT2D eigenvalue weighted by molar-refractivity contribution is 5.98. The third-order valence-corrected chi connectivity index (χ3v) is 4.49. The van der Waals surface area contributed by atoms with E-state index in [1.807, 2.05) is 18.2 Å². The Kier molecular flexibility index (Phi) is 6.39. The SMILES string of the molecule is COc1ccc2nc(C)c(C(=O)NCCCNc3ccc(C(F)(F)F)cn3)cc2c1. The summed E-state index contributed by atoms with van der Waals surface area (Å²) < 4.78 is 42.8. The van der Waals surface area contributed by atoms with Crippen LogP contribution in [-0.4, -0.2) is 36.1 Å². The number of alkyl halides is 3. The molecule has 30 heavy (non-hydrogen) atoms. The number of benzene rings is 1. The fraction of sp³-hybridized carbons (Fsp3) is 0.286. The van der Waals surface area contributed by atoms with Gasteiger partial charge < -0.3 is 15.4 Å². The zero-order chi connectivity index (χ0) is 21.7. The predicted octanol–water partition coefficient (Wildman–Crippen LogP) is 4.20. The van der Waals surface area contributed by atoms with Gasteiger partial charge in [-0.3, -0.25) is 9.78 Å². The number of aryl methyl sites for hydroxylation is 1. The van der Waals surface area contributed by atoms with Crippen molar-refractivity contribution in [1.82, 2.24) is 15.3 Å². The molecule has 0 aliphatic rings. The van der Waals surface area contributed by atoms with Crippen LogP contribution in [0.15, 0.2) is 42.6 Å². The van der Waals surface area contributed by atoms with Gasteiger partial charge in [0.05, 0.1) is 29.4 Å². The molecular weight excluding hydrogens is 397 g/mol. The molecule has 1 amide bonds. The molecule has 6 nitrogen and oxygen atoms in total. The number of aromatic nitrogens is 2. The molecule has 0 spiro atoms. The molecule has 2 N–H and O–H groups in total. The molecule has 3 rings (SSSR count). The number of anilines is 1. The Morgan fingerprint density at radius 1 is 1.13 bits per heavy atom. The van der Waals surface area contributed by atoms with Crippen LogP contribution in [0.3, 0.4) is 0 Å². The summed E-state index contributed by atoms with van der Waals surface area (Å²) in [5.41, 5.74) is 1.08. The van der Waals surface area contributed by atoms with E-state index in [1.54, 1.807) is 20.1 Å². The van der Waals surface area contributed by atoms with Crippen molar-refractivity contribution in [1.29, 1.82) is 0 Å². The van der Waals surface area contributed by atoms with E-state index in [2.05, 4.69) is 20.6 Å². The summed E-state index contributed by atoms with van der Waals surface area (Å²) in [6.45, 7) is 2.61. The first-order valence-electron chi connectivity index (χ1n) is 9.28. The molecule has 0 fully saturated rings. The number of methoxy groups -OCH3 is 1. The first-order valence-corrected chi connectivity index (χ1v) is 9.28. The summed E-state index contributed by atoms with van der Waals surface area (Å²) in [5, 5.41) is 6.56. The highest BCUT2D eigenvalue weighted by Crippen LogP contribution is 2.28. The Hall–Kier alpha value is -3.36. The Balaban J connectivity index is 1.51. The summed E-state index contributed by atoms with van der Waals surface area (Å²) >= 11 is 0. The molecule has 0 unspecified atom stereocenters. The molecular formula is C21H21F3N4O2. The van der Waals surface area contributed by atoms with Gasteiger partial charge in [0, 0.05) is 24.7 Å². The summed E-state index contributed by atoms with van der Waals surface area (Å²) in [6, 6.07) is 9.50. The molecule has 2 heterocycles. The summed E-state index contributed by atoms with van der Waals surface area (Å²) in [5.74, 6) is 0.790. The van der Waals surface area contributed by atoms with Gasteiger partial charge in [-0.15, -0.1) is 0 Å². The van der Waals surface area contributed by atoms with E-state index in [0.29, 0.717) is 42.3 Å². The van der Waals surface area contributed by atoms with Crippen LogP contribution in [-0.2, 0) is 6.18 Å². The number of amides is 1. The maximum atomic E-state index is 12.5. The first kappa shape index (κ1) is 21.4. The van der Waals surface area contributed by atoms with Crippen molar-refractivity contribution in [2.75, 3.05) is 25.5 Å². The second-order valence-electron chi connectivity index (χ2n) is 6.65. The van der Waals surface area contributed by atoms with E-state index in [0.717, 1.165) is 23.2 Å². The average Bonchev–Trinajstić information content (AvgIpc) is 2.72. The maximum Gasteiger partial charge on any atom is 0.417 e. The van der Waals surface area contributed by atoms with Gasteiger partial charge in [0.1, 0.15) is 11.6 Å². The fourth-order valence-corrected chi connectivity index (χ4v) is 2.88. The van der Waals surface area contributed by atoms with Crippen molar-refractivity contribution in [3.05, 3.63) is 59.4 Å². The molecule has 2 aromatic heterocycles. The minimum Gasteiger partial charge on any atom is -0.497 e. The maximum absolute atomic E-state index is 12.5. The predicted molar refractivity (Wildman–Crippen MR) is 108 cm³/mol. The number of fused-ring (bicyclic) bond motifs is 1. The van der Waals surface area contributed by atoms with Gasteiger partial charge in [-0.05, 0) is 49.7 Å². The van der Waals surface area contributed by atoms with Crippen LogP contribution < -0.4 is 15.4 Å². The molecule has 0 atom stereocenters. The van der Waals surface area contributed by atoms with Crippen molar-refractivity contribution in [2.24, 2.45) is 0 Å². The lowest BCUT2D eigenvalue weighted by Crippen LogP contribution is -2.26. The molecule has 158 valence electrons. The zero-order valence-electron chi connectivity index (χ0n) is 16.5. The average molecular weight is 418 g/mol. The Morgan fingerprint density at radius 3 is 2.60 bits per heavy atom. The van der Waals surface area contributed by atoms with E-state index >= 15 is 0 Å². The Labute approximate surface area is 171 Å². The Morgan fingerprint density at radius 2 is 1.93 bits per heavy atom. The highest BCUT2D eigenvalue weighted by Gasteiger charge is 2.30. The van der Waals surface area contributed by atoms with Crippen LogP contribution in [0.2, 0.25) is 0 Å². The molecule has 1 aromatic carbocycles. The van der Waals surface area contributed by atoms with E-state index in [1.165, 1.54) is 6.07 Å². The smallest absolute Gasteiger partial charge is 0.417 e. The topological polar surface area (TPSA) is 76.1 Å². The van der Waals surface area contributed by atoms with Crippen LogP contribution >= 0.6 is 0 Å².